The van der Waals surface area contributed by atoms with Crippen molar-refractivity contribution in [2.75, 3.05) is 38.6 Å². The number of nitro groups is 1. The number of nitrogens with one attached hydrogen (secondary N) is 1. The number of morpholine rings is 1. The standard InChI is InChI=1S/C12H16FN3O3/c1-15-5-6-19-9(8-15)7-14-11-4-2-3-10(13)12(11)16(17)18/h2-4,9,14H,5-8H2,1H3. The summed E-state index contributed by atoms with van der Waals surface area (Å²) in [5, 5.41) is 13.7. The molecule has 1 aromatic carbocycles. The van der Waals surface area contributed by atoms with Gasteiger partial charge in [-0.05, 0) is 19.2 Å². The summed E-state index contributed by atoms with van der Waals surface area (Å²) in [5.74, 6) is -0.836. The van der Waals surface area contributed by atoms with Gasteiger partial charge in [0.25, 0.3) is 0 Å². The summed E-state index contributed by atoms with van der Waals surface area (Å²) in [6.45, 7) is 2.66. The first kappa shape index (κ1) is 13.7. The molecule has 1 aromatic rings. The number of benzene rings is 1. The summed E-state index contributed by atoms with van der Waals surface area (Å²) in [4.78, 5) is 12.2. The monoisotopic (exact) mass is 269 g/mol. The van der Waals surface area contributed by atoms with Crippen molar-refractivity contribution in [3.63, 3.8) is 0 Å². The molecule has 19 heavy (non-hydrogen) atoms. The number of anilines is 1. The second kappa shape index (κ2) is 5.94. The van der Waals surface area contributed by atoms with Crippen LogP contribution in [0, 0.1) is 15.9 Å². The maximum atomic E-state index is 13.4. The van der Waals surface area contributed by atoms with Crippen LogP contribution in [0.3, 0.4) is 0 Å². The van der Waals surface area contributed by atoms with E-state index in [1.54, 1.807) is 0 Å². The van der Waals surface area contributed by atoms with Gasteiger partial charge in [0.15, 0.2) is 0 Å². The number of hydrogen-bond donors (Lipinski definition) is 1. The van der Waals surface area contributed by atoms with E-state index >= 15 is 0 Å². The van der Waals surface area contributed by atoms with E-state index in [4.69, 9.17) is 4.74 Å². The second-order valence-electron chi connectivity index (χ2n) is 4.53. The summed E-state index contributed by atoms with van der Waals surface area (Å²) >= 11 is 0. The smallest absolute Gasteiger partial charge is 0.327 e. The normalized spacial score (nSPS) is 20.2. The van der Waals surface area contributed by atoms with E-state index in [-0.39, 0.29) is 11.8 Å². The molecule has 1 saturated heterocycles. The average molecular weight is 269 g/mol. The van der Waals surface area contributed by atoms with Crippen LogP contribution in [0.4, 0.5) is 15.8 Å². The first-order chi connectivity index (χ1) is 9.08. The highest BCUT2D eigenvalue weighted by Crippen LogP contribution is 2.27. The number of nitro benzene ring substituents is 1. The van der Waals surface area contributed by atoms with E-state index in [2.05, 4.69) is 10.2 Å². The molecule has 1 atom stereocenters. The lowest BCUT2D eigenvalue weighted by atomic mass is 10.2. The highest BCUT2D eigenvalue weighted by Gasteiger charge is 2.22. The fraction of sp³-hybridized carbons (Fsp3) is 0.500. The van der Waals surface area contributed by atoms with Crippen LogP contribution in [0.5, 0.6) is 0 Å². The molecule has 0 aromatic heterocycles. The van der Waals surface area contributed by atoms with E-state index in [9.17, 15) is 14.5 Å². The third kappa shape index (κ3) is 3.39. The third-order valence-electron chi connectivity index (χ3n) is 3.03. The average Bonchev–Trinajstić information content (AvgIpc) is 2.36. The first-order valence-electron chi connectivity index (χ1n) is 6.05. The minimum absolute atomic E-state index is 0.0541. The Morgan fingerprint density at radius 1 is 1.63 bits per heavy atom. The van der Waals surface area contributed by atoms with Crippen LogP contribution in [0.2, 0.25) is 0 Å². The topological polar surface area (TPSA) is 67.6 Å². The van der Waals surface area contributed by atoms with E-state index in [0.717, 1.165) is 19.2 Å². The number of nitrogens with zero attached hydrogens (tertiary/aromatic N) is 2. The predicted molar refractivity (Wildman–Crippen MR) is 68.8 cm³/mol. The summed E-state index contributed by atoms with van der Waals surface area (Å²) in [6, 6.07) is 4.01. The van der Waals surface area contributed by atoms with Crippen molar-refractivity contribution < 1.29 is 14.1 Å². The summed E-state index contributed by atoms with van der Waals surface area (Å²) < 4.78 is 18.9. The largest absolute Gasteiger partial charge is 0.377 e. The molecule has 0 radical (unpaired) electrons. The molecule has 0 amide bonds. The van der Waals surface area contributed by atoms with Crippen LogP contribution in [0.15, 0.2) is 18.2 Å². The van der Waals surface area contributed by atoms with Gasteiger partial charge in [0.2, 0.25) is 5.82 Å². The van der Waals surface area contributed by atoms with Crippen molar-refractivity contribution in [3.8, 4) is 0 Å². The Morgan fingerprint density at radius 2 is 2.42 bits per heavy atom. The Balaban J connectivity index is 2.03. The van der Waals surface area contributed by atoms with Crippen LogP contribution in [0.1, 0.15) is 0 Å². The van der Waals surface area contributed by atoms with Gasteiger partial charge >= 0.3 is 5.69 Å². The molecule has 1 unspecified atom stereocenters. The van der Waals surface area contributed by atoms with E-state index in [0.29, 0.717) is 13.2 Å². The zero-order valence-corrected chi connectivity index (χ0v) is 10.6. The van der Waals surface area contributed by atoms with Gasteiger partial charge in [-0.25, -0.2) is 0 Å². The molecule has 0 bridgehead atoms. The molecule has 104 valence electrons. The van der Waals surface area contributed by atoms with Crippen LogP contribution in [-0.2, 0) is 4.74 Å². The zero-order valence-electron chi connectivity index (χ0n) is 10.6. The van der Waals surface area contributed by atoms with Crippen molar-refractivity contribution in [1.82, 2.24) is 4.90 Å². The van der Waals surface area contributed by atoms with Crippen LogP contribution in [0.25, 0.3) is 0 Å². The van der Waals surface area contributed by atoms with Gasteiger partial charge in [0.05, 0.1) is 17.6 Å². The predicted octanol–water partition coefficient (Wildman–Crippen LogP) is 1.48. The van der Waals surface area contributed by atoms with Crippen molar-refractivity contribution in [1.29, 1.82) is 0 Å². The zero-order chi connectivity index (χ0) is 13.8. The SMILES string of the molecule is CN1CCOC(CNc2cccc(F)c2[N+](=O)[O-])C1. The van der Waals surface area contributed by atoms with E-state index in [1.807, 2.05) is 7.05 Å². The number of rotatable bonds is 4. The van der Waals surface area contributed by atoms with Gasteiger partial charge in [-0.2, -0.15) is 4.39 Å². The maximum Gasteiger partial charge on any atom is 0.327 e. The second-order valence-corrected chi connectivity index (χ2v) is 4.53. The highest BCUT2D eigenvalue weighted by atomic mass is 19.1. The Labute approximate surface area is 110 Å². The molecule has 2 rings (SSSR count). The molecule has 1 aliphatic rings. The Kier molecular flexibility index (Phi) is 4.28. The number of ether oxygens (including phenoxy) is 1. The molecule has 7 heteroatoms. The fourth-order valence-corrected chi connectivity index (χ4v) is 2.06. The molecule has 6 nitrogen and oxygen atoms in total. The van der Waals surface area contributed by atoms with Crippen molar-refractivity contribution in [2.24, 2.45) is 0 Å². The molecule has 0 aliphatic carbocycles. The highest BCUT2D eigenvalue weighted by molar-refractivity contribution is 5.61. The molecule has 0 spiro atoms. The number of halogens is 1. The molecule has 1 heterocycles. The van der Waals surface area contributed by atoms with Crippen LogP contribution < -0.4 is 5.32 Å². The summed E-state index contributed by atoms with van der Waals surface area (Å²) in [5.41, 5.74) is -0.339. The van der Waals surface area contributed by atoms with Crippen LogP contribution >= 0.6 is 0 Å². The summed E-state index contributed by atoms with van der Waals surface area (Å²) in [6.07, 6.45) is -0.0541. The molecular formula is C12H16FN3O3. The van der Waals surface area contributed by atoms with Gasteiger partial charge in [0, 0.05) is 19.6 Å². The lowest BCUT2D eigenvalue weighted by Crippen LogP contribution is -2.43. The third-order valence-corrected chi connectivity index (χ3v) is 3.03. The van der Waals surface area contributed by atoms with E-state index < -0.39 is 16.4 Å². The minimum Gasteiger partial charge on any atom is -0.377 e. The molecule has 1 aliphatic heterocycles. The maximum absolute atomic E-state index is 13.4. The Bertz CT molecular complexity index is 470. The lowest BCUT2D eigenvalue weighted by Gasteiger charge is -2.30. The Hall–Kier alpha value is -1.73. The van der Waals surface area contributed by atoms with Gasteiger partial charge in [-0.3, -0.25) is 10.1 Å². The van der Waals surface area contributed by atoms with Crippen molar-refractivity contribution in [2.45, 2.75) is 6.10 Å². The quantitative estimate of drug-likeness (QED) is 0.662. The minimum atomic E-state index is -0.836. The summed E-state index contributed by atoms with van der Waals surface area (Å²) in [7, 11) is 1.99. The molecular weight excluding hydrogens is 253 g/mol. The fourth-order valence-electron chi connectivity index (χ4n) is 2.06. The number of para-hydroxylation sites is 1. The molecule has 1 fully saturated rings. The lowest BCUT2D eigenvalue weighted by molar-refractivity contribution is -0.386. The van der Waals surface area contributed by atoms with E-state index in [1.165, 1.54) is 12.1 Å². The van der Waals surface area contributed by atoms with Gasteiger partial charge < -0.3 is 15.0 Å². The van der Waals surface area contributed by atoms with Gasteiger partial charge in [-0.15, -0.1) is 0 Å². The van der Waals surface area contributed by atoms with Crippen LogP contribution in [-0.4, -0.2) is 49.2 Å². The molecule has 1 N–H and O–H groups in total. The number of likely N-dealkylation sites (N-methyl/N-ethyl adjacent to an activating group) is 1. The van der Waals surface area contributed by atoms with Crippen molar-refractivity contribution in [3.05, 3.63) is 34.1 Å². The number of hydrogen-bond acceptors (Lipinski definition) is 5. The van der Waals surface area contributed by atoms with Gasteiger partial charge in [-0.1, -0.05) is 6.07 Å². The van der Waals surface area contributed by atoms with Crippen molar-refractivity contribution >= 4 is 11.4 Å². The molecule has 0 saturated carbocycles. The van der Waals surface area contributed by atoms with Gasteiger partial charge in [0.1, 0.15) is 5.69 Å². The first-order valence-corrected chi connectivity index (χ1v) is 6.05. The Morgan fingerprint density at radius 3 is 3.11 bits per heavy atom.